The molecule has 3 N–H and O–H groups in total. The molecule has 0 bridgehead atoms. The molecule has 4 nitrogen and oxygen atoms in total. The summed E-state index contributed by atoms with van der Waals surface area (Å²) in [6.45, 7) is 0.813. The van der Waals surface area contributed by atoms with Gasteiger partial charge >= 0.3 is 0 Å². The molecule has 2 aliphatic rings. The summed E-state index contributed by atoms with van der Waals surface area (Å²) in [5.41, 5.74) is 4.44. The first-order valence-electron chi connectivity index (χ1n) is 9.90. The van der Waals surface area contributed by atoms with E-state index in [0.717, 1.165) is 38.6 Å². The second-order valence-corrected chi connectivity index (χ2v) is 8.22. The second-order valence-electron chi connectivity index (χ2n) is 7.78. The Kier molecular flexibility index (Phi) is 5.83. The molecular formula is C22H25ClFN3O. The van der Waals surface area contributed by atoms with Gasteiger partial charge in [0.15, 0.2) is 0 Å². The summed E-state index contributed by atoms with van der Waals surface area (Å²) in [6, 6.07) is 7.04. The van der Waals surface area contributed by atoms with Gasteiger partial charge in [0.2, 0.25) is 5.91 Å². The van der Waals surface area contributed by atoms with Gasteiger partial charge in [-0.1, -0.05) is 17.7 Å². The van der Waals surface area contributed by atoms with Gasteiger partial charge in [-0.05, 0) is 73.6 Å². The van der Waals surface area contributed by atoms with E-state index in [-0.39, 0.29) is 18.4 Å². The average Bonchev–Trinajstić information content (AvgIpc) is 3.24. The quantitative estimate of drug-likeness (QED) is 0.681. The van der Waals surface area contributed by atoms with Gasteiger partial charge in [0.05, 0.1) is 6.42 Å². The number of fused-ring (bicyclic) bond motifs is 1. The van der Waals surface area contributed by atoms with Gasteiger partial charge in [-0.2, -0.15) is 0 Å². The van der Waals surface area contributed by atoms with Gasteiger partial charge in [-0.25, -0.2) is 4.39 Å². The van der Waals surface area contributed by atoms with Crippen LogP contribution in [0.1, 0.15) is 48.2 Å². The van der Waals surface area contributed by atoms with Crippen LogP contribution in [-0.4, -0.2) is 23.0 Å². The normalized spacial score (nSPS) is 20.9. The smallest absolute Gasteiger partial charge is 0.224 e. The highest BCUT2D eigenvalue weighted by atomic mass is 35.5. The zero-order chi connectivity index (χ0) is 19.5. The number of aryl methyl sites for hydroxylation is 1. The van der Waals surface area contributed by atoms with Crippen molar-refractivity contribution in [1.82, 2.24) is 15.6 Å². The molecule has 0 radical (unpaired) electrons. The zero-order valence-corrected chi connectivity index (χ0v) is 16.5. The maximum atomic E-state index is 13.4. The van der Waals surface area contributed by atoms with Gasteiger partial charge in [0.25, 0.3) is 0 Å². The van der Waals surface area contributed by atoms with Crippen LogP contribution in [0.15, 0.2) is 30.3 Å². The summed E-state index contributed by atoms with van der Waals surface area (Å²) in [6.07, 6.45) is 9.64. The SMILES string of the molecule is O=C(Cc1cc(F)cc(Cl)c1)N[C@H]1CC[C@H](NCc2cc3c([nH]2)C=CCC3)C1. The van der Waals surface area contributed by atoms with E-state index < -0.39 is 5.82 Å². The predicted octanol–water partition coefficient (Wildman–Crippen LogP) is 4.14. The van der Waals surface area contributed by atoms with Crippen molar-refractivity contribution in [2.75, 3.05) is 0 Å². The minimum absolute atomic E-state index is 0.0869. The molecule has 0 spiro atoms. The third kappa shape index (κ3) is 4.83. The van der Waals surface area contributed by atoms with Crippen molar-refractivity contribution in [3.8, 4) is 0 Å². The number of H-pyrrole nitrogens is 1. The molecule has 1 fully saturated rings. The molecule has 0 unspecified atom stereocenters. The van der Waals surface area contributed by atoms with Crippen molar-refractivity contribution in [2.45, 2.75) is 57.2 Å². The average molecular weight is 402 g/mol. The number of halogens is 2. The van der Waals surface area contributed by atoms with E-state index >= 15 is 0 Å². The predicted molar refractivity (Wildman–Crippen MR) is 110 cm³/mol. The first kappa shape index (κ1) is 19.2. The Bertz CT molecular complexity index is 872. The van der Waals surface area contributed by atoms with E-state index in [1.54, 1.807) is 6.07 Å². The molecule has 2 aromatic rings. The van der Waals surface area contributed by atoms with Crippen LogP contribution in [0.25, 0.3) is 6.08 Å². The molecule has 2 atom stereocenters. The van der Waals surface area contributed by atoms with Crippen LogP contribution < -0.4 is 10.6 Å². The monoisotopic (exact) mass is 401 g/mol. The fraction of sp³-hybridized carbons (Fsp3) is 0.409. The van der Waals surface area contributed by atoms with Crippen molar-refractivity contribution in [3.05, 3.63) is 63.7 Å². The molecule has 4 rings (SSSR count). The van der Waals surface area contributed by atoms with Gasteiger partial charge in [0, 0.05) is 35.0 Å². The highest BCUT2D eigenvalue weighted by Gasteiger charge is 2.25. The lowest BCUT2D eigenvalue weighted by atomic mass is 10.0. The molecule has 1 heterocycles. The molecule has 1 aromatic carbocycles. The molecule has 2 aliphatic carbocycles. The van der Waals surface area contributed by atoms with Crippen molar-refractivity contribution < 1.29 is 9.18 Å². The number of amides is 1. The summed E-state index contributed by atoms with van der Waals surface area (Å²) in [5, 5.41) is 6.99. The van der Waals surface area contributed by atoms with E-state index in [2.05, 4.69) is 33.8 Å². The van der Waals surface area contributed by atoms with Crippen LogP contribution in [0.3, 0.4) is 0 Å². The van der Waals surface area contributed by atoms with Crippen LogP contribution >= 0.6 is 11.6 Å². The van der Waals surface area contributed by atoms with E-state index in [0.29, 0.717) is 16.6 Å². The van der Waals surface area contributed by atoms with E-state index in [1.807, 2.05) is 0 Å². The summed E-state index contributed by atoms with van der Waals surface area (Å²) in [5.74, 6) is -0.502. The number of hydrogen-bond donors (Lipinski definition) is 3. The van der Waals surface area contributed by atoms with Crippen molar-refractivity contribution in [2.24, 2.45) is 0 Å². The Hall–Kier alpha value is -2.11. The fourth-order valence-corrected chi connectivity index (χ4v) is 4.44. The number of nitrogens with one attached hydrogen (secondary N) is 3. The van der Waals surface area contributed by atoms with Gasteiger partial charge in [-0.15, -0.1) is 0 Å². The minimum atomic E-state index is -0.415. The molecule has 1 aromatic heterocycles. The van der Waals surface area contributed by atoms with Gasteiger partial charge in [0.1, 0.15) is 5.82 Å². The summed E-state index contributed by atoms with van der Waals surface area (Å²) >= 11 is 5.86. The number of carbonyl (C=O) groups excluding carboxylic acids is 1. The largest absolute Gasteiger partial charge is 0.358 e. The third-order valence-corrected chi connectivity index (χ3v) is 5.74. The number of carbonyl (C=O) groups is 1. The Morgan fingerprint density at radius 1 is 1.21 bits per heavy atom. The van der Waals surface area contributed by atoms with Crippen molar-refractivity contribution >= 4 is 23.6 Å². The van der Waals surface area contributed by atoms with Crippen LogP contribution in [0.2, 0.25) is 5.02 Å². The van der Waals surface area contributed by atoms with Crippen LogP contribution in [0, 0.1) is 5.82 Å². The van der Waals surface area contributed by atoms with Gasteiger partial charge < -0.3 is 15.6 Å². The molecule has 0 aliphatic heterocycles. The summed E-state index contributed by atoms with van der Waals surface area (Å²) < 4.78 is 13.4. The fourth-order valence-electron chi connectivity index (χ4n) is 4.20. The topological polar surface area (TPSA) is 56.9 Å². The first-order chi connectivity index (χ1) is 13.5. The number of benzene rings is 1. The Morgan fingerprint density at radius 2 is 2.07 bits per heavy atom. The molecular weight excluding hydrogens is 377 g/mol. The molecule has 0 saturated heterocycles. The lowest BCUT2D eigenvalue weighted by Gasteiger charge is -2.14. The third-order valence-electron chi connectivity index (χ3n) is 5.52. The van der Waals surface area contributed by atoms with Crippen molar-refractivity contribution in [1.29, 1.82) is 0 Å². The number of aromatic amines is 1. The first-order valence-corrected chi connectivity index (χ1v) is 10.3. The van der Waals surface area contributed by atoms with Gasteiger partial charge in [-0.3, -0.25) is 4.79 Å². The maximum Gasteiger partial charge on any atom is 0.224 e. The number of allylic oxidation sites excluding steroid dienone is 1. The molecule has 28 heavy (non-hydrogen) atoms. The van der Waals surface area contributed by atoms with Crippen molar-refractivity contribution in [3.63, 3.8) is 0 Å². The number of hydrogen-bond acceptors (Lipinski definition) is 2. The van der Waals surface area contributed by atoms with E-state index in [1.165, 1.54) is 29.1 Å². The minimum Gasteiger partial charge on any atom is -0.358 e. The lowest BCUT2D eigenvalue weighted by Crippen LogP contribution is -2.36. The zero-order valence-electron chi connectivity index (χ0n) is 15.7. The van der Waals surface area contributed by atoms with E-state index in [4.69, 9.17) is 11.6 Å². The maximum absolute atomic E-state index is 13.4. The van der Waals surface area contributed by atoms with E-state index in [9.17, 15) is 9.18 Å². The molecule has 1 amide bonds. The van der Waals surface area contributed by atoms with Crippen LogP contribution in [0.5, 0.6) is 0 Å². The Balaban J connectivity index is 1.23. The number of aromatic nitrogens is 1. The summed E-state index contributed by atoms with van der Waals surface area (Å²) in [7, 11) is 0. The highest BCUT2D eigenvalue weighted by molar-refractivity contribution is 6.30. The lowest BCUT2D eigenvalue weighted by molar-refractivity contribution is -0.121. The second kappa shape index (κ2) is 8.50. The molecule has 1 saturated carbocycles. The summed E-state index contributed by atoms with van der Waals surface area (Å²) in [4.78, 5) is 15.8. The van der Waals surface area contributed by atoms with Crippen LogP contribution in [-0.2, 0) is 24.2 Å². The Labute approximate surface area is 169 Å². The number of rotatable bonds is 6. The highest BCUT2D eigenvalue weighted by Crippen LogP contribution is 2.22. The molecule has 6 heteroatoms. The van der Waals surface area contributed by atoms with Crippen LogP contribution in [0.4, 0.5) is 4.39 Å². The molecule has 148 valence electrons. The standard InChI is InChI=1S/C22H25ClFN3O/c23-16-7-14(8-17(24)11-16)9-22(28)27-19-6-5-18(12-19)25-13-20-10-15-3-1-2-4-21(15)26-20/h2,4,7-8,10-11,18-19,25-26H,1,3,5-6,9,12-13H2,(H,27,28)/t18-,19-/m0/s1. The Morgan fingerprint density at radius 3 is 2.89 bits per heavy atom.